The third-order valence-electron chi connectivity index (χ3n) is 6.60. The van der Waals surface area contributed by atoms with E-state index in [4.69, 9.17) is 9.40 Å². The van der Waals surface area contributed by atoms with Gasteiger partial charge >= 0.3 is 6.03 Å². The molecule has 2 amide bonds. The van der Waals surface area contributed by atoms with Crippen LogP contribution in [-0.2, 0) is 11.8 Å². The standard InChI is InChI=1S/C25H35N3O2/c1-5-18-8-10-19(11-9-18)20-14-21(23-26-22(17-30-23)25(2,3)4)16-28(15-20)24(29)27-12-6-7-13-27/h8-11,17,20-21H,5-7,12-16H2,1-4H3. The number of likely N-dealkylation sites (tertiary alicyclic amines) is 2. The number of carbonyl (C=O) groups excluding carboxylic acids is 1. The Kier molecular flexibility index (Phi) is 5.90. The van der Waals surface area contributed by atoms with Gasteiger partial charge in [-0.1, -0.05) is 52.0 Å². The smallest absolute Gasteiger partial charge is 0.320 e. The summed E-state index contributed by atoms with van der Waals surface area (Å²) in [4.78, 5) is 22.1. The monoisotopic (exact) mass is 409 g/mol. The van der Waals surface area contributed by atoms with Gasteiger partial charge in [-0.2, -0.15) is 0 Å². The highest BCUT2D eigenvalue weighted by molar-refractivity contribution is 5.75. The summed E-state index contributed by atoms with van der Waals surface area (Å²) in [5, 5.41) is 0. The van der Waals surface area contributed by atoms with E-state index in [1.165, 1.54) is 11.1 Å². The van der Waals surface area contributed by atoms with Crippen molar-refractivity contribution < 1.29 is 9.21 Å². The van der Waals surface area contributed by atoms with Gasteiger partial charge in [0.2, 0.25) is 0 Å². The normalized spacial score (nSPS) is 22.5. The number of aromatic nitrogens is 1. The summed E-state index contributed by atoms with van der Waals surface area (Å²) >= 11 is 0. The van der Waals surface area contributed by atoms with Gasteiger partial charge in [-0.3, -0.25) is 0 Å². The Bertz CT molecular complexity index is 859. The average Bonchev–Trinajstić information content (AvgIpc) is 3.45. The third kappa shape index (κ3) is 4.40. The van der Waals surface area contributed by atoms with Crippen LogP contribution in [0.25, 0.3) is 0 Å². The molecule has 0 bridgehead atoms. The zero-order valence-corrected chi connectivity index (χ0v) is 18.9. The first-order chi connectivity index (χ1) is 14.3. The minimum Gasteiger partial charge on any atom is -0.448 e. The fraction of sp³-hybridized carbons (Fsp3) is 0.600. The first-order valence-electron chi connectivity index (χ1n) is 11.4. The molecule has 2 atom stereocenters. The molecule has 2 fully saturated rings. The van der Waals surface area contributed by atoms with Crippen molar-refractivity contribution in [1.29, 1.82) is 0 Å². The second kappa shape index (κ2) is 8.44. The Labute approximate surface area is 180 Å². The maximum absolute atomic E-state index is 13.2. The number of nitrogens with zero attached hydrogens (tertiary/aromatic N) is 3. The molecule has 3 heterocycles. The molecule has 0 N–H and O–H groups in total. The molecule has 162 valence electrons. The van der Waals surface area contributed by atoms with E-state index in [1.54, 1.807) is 6.26 Å². The zero-order chi connectivity index (χ0) is 21.3. The molecule has 2 unspecified atom stereocenters. The Morgan fingerprint density at radius 1 is 1.07 bits per heavy atom. The van der Waals surface area contributed by atoms with Gasteiger partial charge in [0.1, 0.15) is 6.26 Å². The fourth-order valence-corrected chi connectivity index (χ4v) is 4.63. The molecule has 0 spiro atoms. The van der Waals surface area contributed by atoms with Crippen LogP contribution in [-0.4, -0.2) is 47.0 Å². The van der Waals surface area contributed by atoms with Crippen LogP contribution in [0.4, 0.5) is 4.79 Å². The molecular weight excluding hydrogens is 374 g/mol. The molecular formula is C25H35N3O2. The lowest BCUT2D eigenvalue weighted by Crippen LogP contribution is -2.48. The van der Waals surface area contributed by atoms with Gasteiger partial charge in [0.25, 0.3) is 0 Å². The number of rotatable bonds is 3. The van der Waals surface area contributed by atoms with E-state index in [-0.39, 0.29) is 17.4 Å². The molecule has 2 aromatic rings. The van der Waals surface area contributed by atoms with Crippen LogP contribution in [0.15, 0.2) is 34.9 Å². The molecule has 1 aromatic carbocycles. The summed E-state index contributed by atoms with van der Waals surface area (Å²) in [6.07, 6.45) is 6.01. The predicted octanol–water partition coefficient (Wildman–Crippen LogP) is 5.32. The number of piperidine rings is 1. The van der Waals surface area contributed by atoms with Crippen molar-refractivity contribution in [3.63, 3.8) is 0 Å². The van der Waals surface area contributed by atoms with Gasteiger partial charge in [0, 0.05) is 37.5 Å². The SMILES string of the molecule is CCc1ccc(C2CC(c3nc(C(C)(C)C)co3)CN(C(=O)N3CCCC3)C2)cc1. The van der Waals surface area contributed by atoms with E-state index < -0.39 is 0 Å². The second-order valence-electron chi connectivity index (χ2n) is 9.93. The molecule has 5 heteroatoms. The van der Waals surface area contributed by atoms with Crippen LogP contribution in [0.3, 0.4) is 0 Å². The van der Waals surface area contributed by atoms with E-state index in [1.807, 2.05) is 9.80 Å². The quantitative estimate of drug-likeness (QED) is 0.689. The number of benzene rings is 1. The summed E-state index contributed by atoms with van der Waals surface area (Å²) in [6, 6.07) is 9.08. The van der Waals surface area contributed by atoms with Crippen LogP contribution in [0.5, 0.6) is 0 Å². The fourth-order valence-electron chi connectivity index (χ4n) is 4.63. The number of aryl methyl sites for hydroxylation is 1. The number of hydrogen-bond donors (Lipinski definition) is 0. The summed E-state index contributed by atoms with van der Waals surface area (Å²) in [7, 11) is 0. The molecule has 0 aliphatic carbocycles. The molecule has 4 rings (SSSR count). The van der Waals surface area contributed by atoms with E-state index in [0.717, 1.165) is 56.9 Å². The lowest BCUT2D eigenvalue weighted by atomic mass is 9.84. The van der Waals surface area contributed by atoms with Crippen LogP contribution < -0.4 is 0 Å². The van der Waals surface area contributed by atoms with E-state index in [2.05, 4.69) is 52.0 Å². The Morgan fingerprint density at radius 2 is 1.73 bits per heavy atom. The highest BCUT2D eigenvalue weighted by Crippen LogP contribution is 2.37. The van der Waals surface area contributed by atoms with Gasteiger partial charge in [0.15, 0.2) is 5.89 Å². The van der Waals surface area contributed by atoms with Gasteiger partial charge in [-0.05, 0) is 36.8 Å². The predicted molar refractivity (Wildman–Crippen MR) is 119 cm³/mol. The van der Waals surface area contributed by atoms with Crippen molar-refractivity contribution in [2.75, 3.05) is 26.2 Å². The third-order valence-corrected chi connectivity index (χ3v) is 6.60. The average molecular weight is 410 g/mol. The maximum Gasteiger partial charge on any atom is 0.320 e. The van der Waals surface area contributed by atoms with E-state index in [9.17, 15) is 4.79 Å². The lowest BCUT2D eigenvalue weighted by Gasteiger charge is -2.38. The van der Waals surface area contributed by atoms with Crippen LogP contribution >= 0.6 is 0 Å². The van der Waals surface area contributed by atoms with Crippen LogP contribution in [0.2, 0.25) is 0 Å². The topological polar surface area (TPSA) is 49.6 Å². The second-order valence-corrected chi connectivity index (χ2v) is 9.93. The minimum atomic E-state index is -0.0448. The van der Waals surface area contributed by atoms with Crippen molar-refractivity contribution >= 4 is 6.03 Å². The molecule has 2 aliphatic heterocycles. The van der Waals surface area contributed by atoms with E-state index in [0.29, 0.717) is 12.5 Å². The van der Waals surface area contributed by atoms with Crippen molar-refractivity contribution in [2.24, 2.45) is 0 Å². The number of amides is 2. The molecule has 0 radical (unpaired) electrons. The van der Waals surface area contributed by atoms with Gasteiger partial charge in [-0.25, -0.2) is 9.78 Å². The number of urea groups is 1. The zero-order valence-electron chi connectivity index (χ0n) is 18.9. The van der Waals surface area contributed by atoms with Crippen molar-refractivity contribution in [1.82, 2.24) is 14.8 Å². The highest BCUT2D eigenvalue weighted by Gasteiger charge is 2.36. The largest absolute Gasteiger partial charge is 0.448 e. The lowest BCUT2D eigenvalue weighted by molar-refractivity contribution is 0.136. The molecule has 1 aromatic heterocycles. The molecule has 2 aliphatic rings. The number of carbonyl (C=O) groups is 1. The van der Waals surface area contributed by atoms with Crippen molar-refractivity contribution in [2.45, 2.75) is 70.6 Å². The first-order valence-corrected chi connectivity index (χ1v) is 11.4. The molecule has 2 saturated heterocycles. The summed E-state index contributed by atoms with van der Waals surface area (Å²) in [6.45, 7) is 11.8. The van der Waals surface area contributed by atoms with E-state index >= 15 is 0 Å². The summed E-state index contributed by atoms with van der Waals surface area (Å²) < 4.78 is 5.94. The van der Waals surface area contributed by atoms with Gasteiger partial charge in [0.05, 0.1) is 11.6 Å². The Hall–Kier alpha value is -2.30. The molecule has 30 heavy (non-hydrogen) atoms. The van der Waals surface area contributed by atoms with Gasteiger partial charge < -0.3 is 14.2 Å². The Morgan fingerprint density at radius 3 is 2.33 bits per heavy atom. The minimum absolute atomic E-state index is 0.0448. The van der Waals surface area contributed by atoms with Crippen LogP contribution in [0.1, 0.15) is 81.5 Å². The van der Waals surface area contributed by atoms with Crippen LogP contribution in [0, 0.1) is 0 Å². The number of oxazole rings is 1. The molecule has 5 nitrogen and oxygen atoms in total. The van der Waals surface area contributed by atoms with Crippen molar-refractivity contribution in [3.05, 3.63) is 53.2 Å². The number of hydrogen-bond acceptors (Lipinski definition) is 3. The summed E-state index contributed by atoms with van der Waals surface area (Å²) in [5.41, 5.74) is 3.58. The first kappa shape index (κ1) is 21.0. The summed E-state index contributed by atoms with van der Waals surface area (Å²) in [5.74, 6) is 1.19. The van der Waals surface area contributed by atoms with Crippen molar-refractivity contribution in [3.8, 4) is 0 Å². The Balaban J connectivity index is 1.60. The molecule has 0 saturated carbocycles. The van der Waals surface area contributed by atoms with Gasteiger partial charge in [-0.15, -0.1) is 0 Å². The maximum atomic E-state index is 13.2. The highest BCUT2D eigenvalue weighted by atomic mass is 16.3.